The molecular formula is C19H24N6O. The van der Waals surface area contributed by atoms with Crippen molar-refractivity contribution in [1.29, 1.82) is 0 Å². The monoisotopic (exact) mass is 352 g/mol. The molecule has 1 saturated heterocycles. The normalized spacial score (nSPS) is 19.0. The van der Waals surface area contributed by atoms with Gasteiger partial charge < -0.3 is 21.3 Å². The van der Waals surface area contributed by atoms with Gasteiger partial charge in [-0.15, -0.1) is 0 Å². The van der Waals surface area contributed by atoms with E-state index in [9.17, 15) is 4.79 Å². The van der Waals surface area contributed by atoms with Gasteiger partial charge in [0.2, 0.25) is 5.91 Å². The lowest BCUT2D eigenvalue weighted by Gasteiger charge is -2.24. The van der Waals surface area contributed by atoms with E-state index in [-0.39, 0.29) is 18.5 Å². The van der Waals surface area contributed by atoms with Crippen molar-refractivity contribution in [2.45, 2.75) is 38.4 Å². The number of rotatable bonds is 5. The van der Waals surface area contributed by atoms with Crippen LogP contribution in [-0.2, 0) is 24.2 Å². The Kier molecular flexibility index (Phi) is 4.46. The number of fused-ring (bicyclic) bond motifs is 1. The first-order chi connectivity index (χ1) is 12.6. The van der Waals surface area contributed by atoms with E-state index >= 15 is 0 Å². The Balaban J connectivity index is 1.52. The number of carbonyl (C=O) groups excluding carboxylic acids is 1. The van der Waals surface area contributed by atoms with E-state index in [4.69, 9.17) is 11.5 Å². The van der Waals surface area contributed by atoms with Crippen molar-refractivity contribution in [2.24, 2.45) is 11.5 Å². The second-order valence-corrected chi connectivity index (χ2v) is 7.03. The van der Waals surface area contributed by atoms with E-state index in [1.807, 2.05) is 12.1 Å². The van der Waals surface area contributed by atoms with Gasteiger partial charge in [-0.1, -0.05) is 24.3 Å². The molecular weight excluding hydrogens is 328 g/mol. The summed E-state index contributed by atoms with van der Waals surface area (Å²) >= 11 is 0. The molecule has 7 nitrogen and oxygen atoms in total. The summed E-state index contributed by atoms with van der Waals surface area (Å²) in [6.45, 7) is 2.67. The molecule has 1 unspecified atom stereocenters. The van der Waals surface area contributed by atoms with Crippen LogP contribution in [0.25, 0.3) is 0 Å². The van der Waals surface area contributed by atoms with Crippen LogP contribution in [-0.4, -0.2) is 35.1 Å². The van der Waals surface area contributed by atoms with Gasteiger partial charge >= 0.3 is 0 Å². The van der Waals surface area contributed by atoms with Crippen molar-refractivity contribution in [3.8, 4) is 0 Å². The van der Waals surface area contributed by atoms with Gasteiger partial charge in [-0.3, -0.25) is 4.79 Å². The maximum Gasteiger partial charge on any atom is 0.221 e. The molecule has 26 heavy (non-hydrogen) atoms. The molecule has 3 heterocycles. The van der Waals surface area contributed by atoms with Gasteiger partial charge in [-0.25, -0.2) is 9.97 Å². The second-order valence-electron chi connectivity index (χ2n) is 7.03. The van der Waals surface area contributed by atoms with E-state index < -0.39 is 0 Å². The van der Waals surface area contributed by atoms with Gasteiger partial charge in [0.25, 0.3) is 0 Å². The molecule has 0 aliphatic carbocycles. The molecule has 136 valence electrons. The maximum atomic E-state index is 11.0. The number of anilines is 2. The van der Waals surface area contributed by atoms with Crippen LogP contribution in [0, 0.1) is 0 Å². The summed E-state index contributed by atoms with van der Waals surface area (Å²) in [6.07, 6.45) is 5.05. The predicted molar refractivity (Wildman–Crippen MR) is 101 cm³/mol. The third kappa shape index (κ3) is 3.22. The van der Waals surface area contributed by atoms with Crippen LogP contribution in [0.15, 0.2) is 30.6 Å². The van der Waals surface area contributed by atoms with Crippen LogP contribution in [0.3, 0.4) is 0 Å². The smallest absolute Gasteiger partial charge is 0.221 e. The van der Waals surface area contributed by atoms with Crippen LogP contribution < -0.4 is 21.3 Å². The molecule has 7 heteroatoms. The minimum Gasteiger partial charge on any atom is -0.369 e. The molecule has 2 aliphatic heterocycles. The molecule has 0 radical (unpaired) electrons. The fourth-order valence-corrected chi connectivity index (χ4v) is 3.88. The zero-order valence-corrected chi connectivity index (χ0v) is 14.8. The zero-order chi connectivity index (χ0) is 18.1. The fraction of sp³-hybridized carbons (Fsp3) is 0.421. The largest absolute Gasteiger partial charge is 0.369 e. The van der Waals surface area contributed by atoms with Crippen molar-refractivity contribution in [2.75, 3.05) is 22.9 Å². The molecule has 4 N–H and O–H groups in total. The van der Waals surface area contributed by atoms with Gasteiger partial charge in [0.1, 0.15) is 18.0 Å². The van der Waals surface area contributed by atoms with Gasteiger partial charge in [-0.05, 0) is 30.4 Å². The Morgan fingerprint density at radius 2 is 1.85 bits per heavy atom. The summed E-state index contributed by atoms with van der Waals surface area (Å²) in [5.74, 6) is 1.70. The second kappa shape index (κ2) is 6.92. The van der Waals surface area contributed by atoms with Gasteiger partial charge in [0.15, 0.2) is 0 Å². The van der Waals surface area contributed by atoms with Crippen molar-refractivity contribution < 1.29 is 4.79 Å². The maximum absolute atomic E-state index is 11.0. The summed E-state index contributed by atoms with van der Waals surface area (Å²) in [7, 11) is 0. The minimum atomic E-state index is -0.310. The first kappa shape index (κ1) is 16.8. The number of hydrogen-bond donors (Lipinski definition) is 2. The molecule has 1 fully saturated rings. The van der Waals surface area contributed by atoms with Crippen LogP contribution in [0.5, 0.6) is 0 Å². The summed E-state index contributed by atoms with van der Waals surface area (Å²) < 4.78 is 0. The third-order valence-electron chi connectivity index (χ3n) is 5.18. The predicted octanol–water partition coefficient (Wildman–Crippen LogP) is 0.952. The van der Waals surface area contributed by atoms with Crippen molar-refractivity contribution >= 4 is 17.5 Å². The zero-order valence-electron chi connectivity index (χ0n) is 14.8. The number of nitrogens with zero attached hydrogens (tertiary/aromatic N) is 4. The Bertz CT molecular complexity index is 806. The number of carbonyl (C=O) groups is 1. The highest BCUT2D eigenvalue weighted by molar-refractivity contribution is 5.76. The summed E-state index contributed by atoms with van der Waals surface area (Å²) in [5.41, 5.74) is 14.8. The molecule has 0 spiro atoms. The molecule has 1 amide bonds. The van der Waals surface area contributed by atoms with Crippen LogP contribution in [0.4, 0.5) is 11.6 Å². The number of amides is 1. The minimum absolute atomic E-state index is 0.0563. The standard InChI is InChI=1S/C19H24N6O/c20-16-2-1-8-25(16)19-15-7-9-24(18(15)22-12-23-19)11-14-5-3-13(4-6-14)10-17(21)26/h3-6,12,16H,1-2,7-11,20H2,(H2,21,26). The lowest BCUT2D eigenvalue weighted by Crippen LogP contribution is -2.37. The van der Waals surface area contributed by atoms with E-state index in [2.05, 4.69) is 31.9 Å². The average molecular weight is 352 g/mol. The average Bonchev–Trinajstić information content (AvgIpc) is 3.23. The molecule has 1 atom stereocenters. The fourth-order valence-electron chi connectivity index (χ4n) is 3.88. The van der Waals surface area contributed by atoms with Crippen molar-refractivity contribution in [3.63, 3.8) is 0 Å². The number of nitrogens with two attached hydrogens (primary N) is 2. The quantitative estimate of drug-likeness (QED) is 0.831. The van der Waals surface area contributed by atoms with E-state index in [1.165, 1.54) is 11.1 Å². The number of primary amides is 1. The molecule has 0 saturated carbocycles. The van der Waals surface area contributed by atoms with E-state index in [1.54, 1.807) is 6.33 Å². The van der Waals surface area contributed by atoms with Gasteiger partial charge in [0, 0.05) is 25.2 Å². The Morgan fingerprint density at radius 3 is 2.54 bits per heavy atom. The lowest BCUT2D eigenvalue weighted by molar-refractivity contribution is -0.117. The molecule has 1 aromatic heterocycles. The topological polar surface area (TPSA) is 101 Å². The number of aromatic nitrogens is 2. The number of hydrogen-bond acceptors (Lipinski definition) is 6. The van der Waals surface area contributed by atoms with Crippen LogP contribution in [0.1, 0.15) is 29.5 Å². The molecule has 1 aromatic carbocycles. The first-order valence-corrected chi connectivity index (χ1v) is 9.09. The summed E-state index contributed by atoms with van der Waals surface area (Å²) in [5, 5.41) is 0. The molecule has 2 aliphatic rings. The van der Waals surface area contributed by atoms with Gasteiger partial charge in [0.05, 0.1) is 12.6 Å². The van der Waals surface area contributed by atoms with Crippen LogP contribution >= 0.6 is 0 Å². The molecule has 2 aromatic rings. The van der Waals surface area contributed by atoms with E-state index in [0.717, 1.165) is 56.1 Å². The lowest BCUT2D eigenvalue weighted by atomic mass is 10.1. The third-order valence-corrected chi connectivity index (χ3v) is 5.18. The Hall–Kier alpha value is -2.67. The van der Waals surface area contributed by atoms with Crippen LogP contribution in [0.2, 0.25) is 0 Å². The van der Waals surface area contributed by atoms with Gasteiger partial charge in [-0.2, -0.15) is 0 Å². The highest BCUT2D eigenvalue weighted by Crippen LogP contribution is 2.35. The summed E-state index contributed by atoms with van der Waals surface area (Å²) in [6, 6.07) is 8.03. The molecule has 0 bridgehead atoms. The first-order valence-electron chi connectivity index (χ1n) is 9.09. The van der Waals surface area contributed by atoms with Crippen molar-refractivity contribution in [3.05, 3.63) is 47.3 Å². The molecule has 4 rings (SSSR count). The van der Waals surface area contributed by atoms with E-state index in [0.29, 0.717) is 0 Å². The highest BCUT2D eigenvalue weighted by atomic mass is 16.1. The number of benzene rings is 1. The Morgan fingerprint density at radius 1 is 1.12 bits per heavy atom. The highest BCUT2D eigenvalue weighted by Gasteiger charge is 2.30. The summed E-state index contributed by atoms with van der Waals surface area (Å²) in [4.78, 5) is 24.6. The SMILES string of the molecule is NC(=O)Cc1ccc(CN2CCc3c2ncnc3N2CCCC2N)cc1. The Labute approximate surface area is 153 Å². The van der Waals surface area contributed by atoms with Crippen molar-refractivity contribution in [1.82, 2.24) is 9.97 Å².